The number of hydrogen-bond acceptors (Lipinski definition) is 4. The van der Waals surface area contributed by atoms with Crippen molar-refractivity contribution in [2.45, 2.75) is 37.0 Å². The lowest BCUT2D eigenvalue weighted by Crippen LogP contribution is -2.08. The molecule has 6 heteroatoms. The Balaban J connectivity index is 1.70. The summed E-state index contributed by atoms with van der Waals surface area (Å²) in [7, 11) is 0. The fourth-order valence-electron chi connectivity index (χ4n) is 3.17. The lowest BCUT2D eigenvalue weighted by Gasteiger charge is -2.18. The largest absolute Gasteiger partial charge is 0.229 e. The summed E-state index contributed by atoms with van der Waals surface area (Å²) in [5, 5.41) is 2.57. The molecule has 3 aromatic rings. The average Bonchev–Trinajstić information content (AvgIpc) is 2.92. The van der Waals surface area contributed by atoms with Crippen molar-refractivity contribution in [1.82, 2.24) is 9.97 Å². The molecule has 124 valence electrons. The van der Waals surface area contributed by atoms with Gasteiger partial charge in [0.05, 0.1) is 0 Å². The van der Waals surface area contributed by atoms with Crippen LogP contribution in [0, 0.1) is 11.7 Å². The van der Waals surface area contributed by atoms with Crippen LogP contribution in [0.3, 0.4) is 0 Å². The Labute approximate surface area is 153 Å². The maximum absolute atomic E-state index is 14.0. The van der Waals surface area contributed by atoms with Gasteiger partial charge in [-0.25, -0.2) is 14.4 Å². The molecule has 4 rings (SSSR count). The number of aryl methyl sites for hydroxylation is 1. The highest BCUT2D eigenvalue weighted by Gasteiger charge is 2.23. The Bertz CT molecular complexity index is 889. The minimum atomic E-state index is -0.263. The molecule has 0 aliphatic heterocycles. The number of hydrogen-bond donors (Lipinski definition) is 0. The van der Waals surface area contributed by atoms with Crippen LogP contribution in [0.4, 0.5) is 4.39 Å². The Morgan fingerprint density at radius 3 is 3.08 bits per heavy atom. The molecule has 0 radical (unpaired) electrons. The third kappa shape index (κ3) is 2.93. The van der Waals surface area contributed by atoms with E-state index in [2.05, 4.69) is 16.9 Å². The van der Waals surface area contributed by atoms with Crippen LogP contribution in [0.15, 0.2) is 29.6 Å². The molecule has 0 bridgehead atoms. The second-order valence-electron chi connectivity index (χ2n) is 6.20. The molecule has 0 saturated carbocycles. The zero-order chi connectivity index (χ0) is 16.7. The molecule has 0 amide bonds. The molecule has 2 aromatic heterocycles. The fraction of sp³-hybridized carbons (Fsp3) is 0.333. The van der Waals surface area contributed by atoms with Crippen molar-refractivity contribution in [3.8, 4) is 0 Å². The van der Waals surface area contributed by atoms with Gasteiger partial charge in [0.2, 0.25) is 0 Å². The lowest BCUT2D eigenvalue weighted by molar-refractivity contribution is 0.509. The second kappa shape index (κ2) is 6.62. The van der Waals surface area contributed by atoms with E-state index in [-0.39, 0.29) is 5.82 Å². The van der Waals surface area contributed by atoms with E-state index in [0.717, 1.165) is 28.6 Å². The van der Waals surface area contributed by atoms with Gasteiger partial charge >= 0.3 is 0 Å². The van der Waals surface area contributed by atoms with Crippen LogP contribution >= 0.6 is 34.7 Å². The fourth-order valence-corrected chi connectivity index (χ4v) is 5.95. The van der Waals surface area contributed by atoms with Gasteiger partial charge < -0.3 is 0 Å². The molecule has 0 unspecified atom stereocenters. The van der Waals surface area contributed by atoms with E-state index in [1.54, 1.807) is 41.6 Å². The Morgan fingerprint density at radius 2 is 2.25 bits per heavy atom. The normalized spacial score (nSPS) is 17.2. The van der Waals surface area contributed by atoms with Crippen molar-refractivity contribution < 1.29 is 4.39 Å². The Hall–Kier alpha value is -1.17. The van der Waals surface area contributed by atoms with Crippen molar-refractivity contribution in [2.24, 2.45) is 5.92 Å². The highest BCUT2D eigenvalue weighted by Crippen LogP contribution is 2.41. The van der Waals surface area contributed by atoms with Gasteiger partial charge in [0.25, 0.3) is 0 Å². The van der Waals surface area contributed by atoms with Crippen LogP contribution in [0.25, 0.3) is 10.2 Å². The SMILES string of the molecule is C[C@@H]1CCc2c(sc3ncnc(SCc4c(F)cccc4Cl)c23)C1. The molecule has 24 heavy (non-hydrogen) atoms. The smallest absolute Gasteiger partial charge is 0.128 e. The topological polar surface area (TPSA) is 25.8 Å². The van der Waals surface area contributed by atoms with Crippen LogP contribution in [0.2, 0.25) is 5.02 Å². The van der Waals surface area contributed by atoms with Gasteiger partial charge in [0.1, 0.15) is 22.0 Å². The molecule has 1 atom stereocenters. The maximum Gasteiger partial charge on any atom is 0.128 e. The molecule has 2 nitrogen and oxygen atoms in total. The first-order valence-electron chi connectivity index (χ1n) is 7.94. The first-order valence-corrected chi connectivity index (χ1v) is 10.1. The highest BCUT2D eigenvalue weighted by atomic mass is 35.5. The molecule has 2 heterocycles. The van der Waals surface area contributed by atoms with Gasteiger partial charge in [-0.1, -0.05) is 24.6 Å². The zero-order valence-electron chi connectivity index (χ0n) is 13.2. The summed E-state index contributed by atoms with van der Waals surface area (Å²) in [6.07, 6.45) is 5.02. The van der Waals surface area contributed by atoms with E-state index in [4.69, 9.17) is 11.6 Å². The van der Waals surface area contributed by atoms with Crippen LogP contribution in [-0.2, 0) is 18.6 Å². The summed E-state index contributed by atoms with van der Waals surface area (Å²) < 4.78 is 14.0. The van der Waals surface area contributed by atoms with E-state index >= 15 is 0 Å². The number of rotatable bonds is 3. The van der Waals surface area contributed by atoms with Crippen molar-refractivity contribution in [3.63, 3.8) is 0 Å². The van der Waals surface area contributed by atoms with E-state index in [9.17, 15) is 4.39 Å². The highest BCUT2D eigenvalue weighted by molar-refractivity contribution is 7.98. The lowest BCUT2D eigenvalue weighted by atomic mass is 9.89. The predicted octanol–water partition coefficient (Wildman–Crippen LogP) is 5.90. The Kier molecular flexibility index (Phi) is 4.50. The molecular weight excluding hydrogens is 363 g/mol. The third-order valence-electron chi connectivity index (χ3n) is 4.47. The van der Waals surface area contributed by atoms with E-state index in [1.165, 1.54) is 28.3 Å². The maximum atomic E-state index is 14.0. The summed E-state index contributed by atoms with van der Waals surface area (Å²) in [6.45, 7) is 2.30. The molecule has 0 fully saturated rings. The standard InChI is InChI=1S/C18H16ClFN2S2/c1-10-5-6-11-15(7-10)24-18-16(11)17(21-9-22-18)23-8-12-13(19)3-2-4-14(12)20/h2-4,9-10H,5-8H2,1H3/t10-/m1/s1. The summed E-state index contributed by atoms with van der Waals surface area (Å²) in [5.41, 5.74) is 1.93. The quantitative estimate of drug-likeness (QED) is 0.419. The van der Waals surface area contributed by atoms with Crippen molar-refractivity contribution in [3.05, 3.63) is 51.4 Å². The number of halogens is 2. The number of fused-ring (bicyclic) bond motifs is 3. The molecule has 0 N–H and O–H groups in total. The summed E-state index contributed by atoms with van der Waals surface area (Å²) in [4.78, 5) is 11.4. The monoisotopic (exact) mass is 378 g/mol. The molecular formula is C18H16ClFN2S2. The number of nitrogens with zero attached hydrogens (tertiary/aromatic N) is 2. The average molecular weight is 379 g/mol. The Morgan fingerprint density at radius 1 is 1.38 bits per heavy atom. The molecule has 0 spiro atoms. The van der Waals surface area contributed by atoms with Crippen molar-refractivity contribution in [1.29, 1.82) is 0 Å². The third-order valence-corrected chi connectivity index (χ3v) is 7.00. The van der Waals surface area contributed by atoms with Crippen LogP contribution in [0.1, 0.15) is 29.3 Å². The van der Waals surface area contributed by atoms with Gasteiger partial charge in [0.15, 0.2) is 0 Å². The predicted molar refractivity (Wildman–Crippen MR) is 99.6 cm³/mol. The molecule has 1 aliphatic rings. The molecule has 0 saturated heterocycles. The van der Waals surface area contributed by atoms with Crippen LogP contribution in [-0.4, -0.2) is 9.97 Å². The number of thioether (sulfide) groups is 1. The van der Waals surface area contributed by atoms with E-state index < -0.39 is 0 Å². The van der Waals surface area contributed by atoms with Gasteiger partial charge in [-0.05, 0) is 42.9 Å². The van der Waals surface area contributed by atoms with Crippen LogP contribution in [0.5, 0.6) is 0 Å². The van der Waals surface area contributed by atoms with E-state index in [0.29, 0.717) is 16.3 Å². The van der Waals surface area contributed by atoms with Gasteiger partial charge in [0, 0.05) is 26.6 Å². The molecule has 1 aliphatic carbocycles. The van der Waals surface area contributed by atoms with Gasteiger partial charge in [-0.2, -0.15) is 0 Å². The number of benzene rings is 1. The summed E-state index contributed by atoms with van der Waals surface area (Å²) >= 11 is 9.46. The van der Waals surface area contributed by atoms with Gasteiger partial charge in [-0.15, -0.1) is 23.1 Å². The molecule has 1 aromatic carbocycles. The van der Waals surface area contributed by atoms with Crippen molar-refractivity contribution >= 4 is 44.9 Å². The number of aromatic nitrogens is 2. The zero-order valence-corrected chi connectivity index (χ0v) is 15.6. The minimum Gasteiger partial charge on any atom is -0.229 e. The van der Waals surface area contributed by atoms with E-state index in [1.807, 2.05) is 0 Å². The second-order valence-corrected chi connectivity index (χ2v) is 8.65. The summed E-state index contributed by atoms with van der Waals surface area (Å²) in [6, 6.07) is 4.81. The van der Waals surface area contributed by atoms with Gasteiger partial charge in [-0.3, -0.25) is 0 Å². The first-order chi connectivity index (χ1) is 11.6. The minimum absolute atomic E-state index is 0.263. The van der Waals surface area contributed by atoms with Crippen LogP contribution < -0.4 is 0 Å². The number of thiophene rings is 1. The first kappa shape index (κ1) is 16.3. The van der Waals surface area contributed by atoms with Crippen molar-refractivity contribution in [2.75, 3.05) is 0 Å². The summed E-state index contributed by atoms with van der Waals surface area (Å²) in [5.74, 6) is 0.937.